The number of rotatable bonds is 11. The molecule has 0 aliphatic carbocycles. The van der Waals surface area contributed by atoms with Gasteiger partial charge >= 0.3 is 17.9 Å². The zero-order valence-electron chi connectivity index (χ0n) is 21.0. The molecule has 7 nitrogen and oxygen atoms in total. The molecule has 0 bridgehead atoms. The van der Waals surface area contributed by atoms with Crippen molar-refractivity contribution in [3.8, 4) is 0 Å². The van der Waals surface area contributed by atoms with Crippen LogP contribution in [0.3, 0.4) is 0 Å². The molecule has 31 heavy (non-hydrogen) atoms. The van der Waals surface area contributed by atoms with E-state index in [1.807, 2.05) is 20.8 Å². The summed E-state index contributed by atoms with van der Waals surface area (Å²) in [6, 6.07) is 0. The number of esters is 1. The molecular weight excluding hydrogens is 398 g/mol. The van der Waals surface area contributed by atoms with E-state index in [-0.39, 0.29) is 24.2 Å². The van der Waals surface area contributed by atoms with Gasteiger partial charge in [-0.25, -0.2) is 0 Å². The Morgan fingerprint density at radius 1 is 0.839 bits per heavy atom. The Morgan fingerprint density at radius 3 is 1.68 bits per heavy atom. The molecule has 7 heteroatoms. The van der Waals surface area contributed by atoms with Gasteiger partial charge in [0.1, 0.15) is 5.60 Å². The summed E-state index contributed by atoms with van der Waals surface area (Å²) in [4.78, 5) is 35.9. The molecule has 0 saturated heterocycles. The van der Waals surface area contributed by atoms with Gasteiger partial charge in [-0.1, -0.05) is 48.0 Å². The summed E-state index contributed by atoms with van der Waals surface area (Å²) in [6.07, 6.45) is 2.91. The van der Waals surface area contributed by atoms with Gasteiger partial charge in [0.15, 0.2) is 5.92 Å². The summed E-state index contributed by atoms with van der Waals surface area (Å²) in [7, 11) is 0. The van der Waals surface area contributed by atoms with Gasteiger partial charge in [-0.05, 0) is 63.2 Å². The Bertz CT molecular complexity index is 609. The van der Waals surface area contributed by atoms with E-state index >= 15 is 0 Å². The van der Waals surface area contributed by atoms with Gasteiger partial charge in [-0.15, -0.1) is 0 Å². The Balaban J connectivity index is 5.77. The van der Waals surface area contributed by atoms with Crippen LogP contribution in [0.5, 0.6) is 0 Å². The normalized spacial score (nSPS) is 16.0. The van der Waals surface area contributed by atoms with Crippen LogP contribution >= 0.6 is 0 Å². The molecule has 0 rings (SSSR count). The molecule has 0 saturated carbocycles. The van der Waals surface area contributed by atoms with Crippen molar-refractivity contribution in [3.05, 3.63) is 0 Å². The van der Waals surface area contributed by atoms with Crippen LogP contribution in [0.2, 0.25) is 0 Å². The monoisotopic (exact) mass is 443 g/mol. The predicted octanol–water partition coefficient (Wildman–Crippen LogP) is 4.86. The molecule has 182 valence electrons. The molecule has 4 N–H and O–H groups in total. The highest BCUT2D eigenvalue weighted by Crippen LogP contribution is 2.41. The van der Waals surface area contributed by atoms with E-state index in [9.17, 15) is 24.6 Å². The Hall–Kier alpha value is -1.63. The first-order valence-corrected chi connectivity index (χ1v) is 11.1. The van der Waals surface area contributed by atoms with E-state index < -0.39 is 40.3 Å². The van der Waals surface area contributed by atoms with Crippen molar-refractivity contribution in [3.63, 3.8) is 0 Å². The minimum Gasteiger partial charge on any atom is -0.481 e. The lowest BCUT2D eigenvalue weighted by molar-refractivity contribution is -0.161. The van der Waals surface area contributed by atoms with Crippen molar-refractivity contribution in [1.29, 1.82) is 0 Å². The third kappa shape index (κ3) is 12.1. The molecule has 0 spiro atoms. The quantitative estimate of drug-likeness (QED) is 0.307. The highest BCUT2D eigenvalue weighted by molar-refractivity contribution is 5.93. The summed E-state index contributed by atoms with van der Waals surface area (Å²) >= 11 is 0. The molecule has 0 amide bonds. The second-order valence-electron chi connectivity index (χ2n) is 12.2. The lowest BCUT2D eigenvalue weighted by Gasteiger charge is -2.41. The highest BCUT2D eigenvalue weighted by atomic mass is 16.6. The zero-order valence-corrected chi connectivity index (χ0v) is 21.0. The van der Waals surface area contributed by atoms with Gasteiger partial charge in [0, 0.05) is 12.0 Å². The van der Waals surface area contributed by atoms with Crippen LogP contribution in [-0.4, -0.2) is 39.3 Å². The predicted molar refractivity (Wildman–Crippen MR) is 122 cm³/mol. The lowest BCUT2D eigenvalue weighted by atomic mass is 9.65. The van der Waals surface area contributed by atoms with E-state index in [0.717, 1.165) is 12.8 Å². The van der Waals surface area contributed by atoms with E-state index in [4.69, 9.17) is 10.5 Å². The molecule has 0 heterocycles. The summed E-state index contributed by atoms with van der Waals surface area (Å²) < 4.78 is 5.41. The molecule has 0 aromatic rings. The first kappa shape index (κ1) is 29.4. The van der Waals surface area contributed by atoms with Gasteiger partial charge in [-0.3, -0.25) is 14.4 Å². The fourth-order valence-corrected chi connectivity index (χ4v) is 3.86. The Labute approximate surface area is 188 Å². The lowest BCUT2D eigenvalue weighted by Crippen LogP contribution is -2.48. The second-order valence-corrected chi connectivity index (χ2v) is 12.2. The van der Waals surface area contributed by atoms with Crippen LogP contribution in [0, 0.1) is 22.7 Å². The zero-order chi connectivity index (χ0) is 24.8. The van der Waals surface area contributed by atoms with Crippen LogP contribution < -0.4 is 5.73 Å². The van der Waals surface area contributed by atoms with Gasteiger partial charge in [0.2, 0.25) is 0 Å². The Kier molecular flexibility index (Phi) is 10.2. The largest absolute Gasteiger partial charge is 0.481 e. The first-order valence-electron chi connectivity index (χ1n) is 11.1. The maximum Gasteiger partial charge on any atom is 0.318 e. The van der Waals surface area contributed by atoms with Crippen molar-refractivity contribution in [2.75, 3.05) is 0 Å². The molecule has 2 atom stereocenters. The molecule has 0 radical (unpaired) electrons. The number of aliphatic carboxylic acids is 2. The number of carboxylic acid groups (broad SMARTS) is 2. The SMILES string of the molecule is CC(C)(C)CCCC(N)(CCC(=O)OC(C)(C)C)CC(C(C(=O)O)C(=O)O)C(C)(C)C. The van der Waals surface area contributed by atoms with Crippen LogP contribution in [0.25, 0.3) is 0 Å². The maximum absolute atomic E-state index is 12.3. The van der Waals surface area contributed by atoms with Crippen molar-refractivity contribution in [2.24, 2.45) is 28.4 Å². The number of carboxylic acids is 2. The van der Waals surface area contributed by atoms with Gasteiger partial charge in [0.05, 0.1) is 0 Å². The summed E-state index contributed by atoms with van der Waals surface area (Å²) in [5.41, 5.74) is 4.82. The third-order valence-corrected chi connectivity index (χ3v) is 5.52. The first-order chi connectivity index (χ1) is 13.7. The Morgan fingerprint density at radius 2 is 1.32 bits per heavy atom. The fraction of sp³-hybridized carbons (Fsp3) is 0.875. The standard InChI is InChI=1S/C24H45NO6/c1-21(2,3)12-10-13-24(25,14-11-17(26)31-23(7,8)9)15-16(22(4,5)6)18(19(27)28)20(29)30/h16,18H,10-15,25H2,1-9H3,(H,27,28)(H,29,30). The number of nitrogens with two attached hydrogens (primary N) is 1. The summed E-state index contributed by atoms with van der Waals surface area (Å²) in [6.45, 7) is 17.3. The molecule has 0 aliphatic heterocycles. The van der Waals surface area contributed by atoms with Crippen molar-refractivity contribution < 1.29 is 29.3 Å². The average Bonchev–Trinajstić information content (AvgIpc) is 2.48. The van der Waals surface area contributed by atoms with E-state index in [2.05, 4.69) is 20.8 Å². The molecule has 0 aliphatic rings. The molecular formula is C24H45NO6. The smallest absolute Gasteiger partial charge is 0.318 e. The van der Waals surface area contributed by atoms with E-state index in [1.165, 1.54) is 0 Å². The topological polar surface area (TPSA) is 127 Å². The van der Waals surface area contributed by atoms with Crippen molar-refractivity contribution in [2.45, 2.75) is 112 Å². The molecule has 2 unspecified atom stereocenters. The highest BCUT2D eigenvalue weighted by Gasteiger charge is 2.45. The minimum atomic E-state index is -1.56. The maximum atomic E-state index is 12.3. The van der Waals surface area contributed by atoms with Crippen LogP contribution in [-0.2, 0) is 19.1 Å². The summed E-state index contributed by atoms with van der Waals surface area (Å²) in [5.74, 6) is -5.35. The molecule has 0 aromatic heterocycles. The third-order valence-electron chi connectivity index (χ3n) is 5.52. The fourth-order valence-electron chi connectivity index (χ4n) is 3.86. The number of ether oxygens (including phenoxy) is 1. The van der Waals surface area contributed by atoms with Gasteiger partial charge in [0.25, 0.3) is 0 Å². The number of hydrogen-bond donors (Lipinski definition) is 3. The van der Waals surface area contributed by atoms with Crippen molar-refractivity contribution in [1.82, 2.24) is 0 Å². The van der Waals surface area contributed by atoms with Crippen molar-refractivity contribution >= 4 is 17.9 Å². The number of carbonyl (C=O) groups excluding carboxylic acids is 1. The van der Waals surface area contributed by atoms with E-state index in [0.29, 0.717) is 12.8 Å². The second kappa shape index (κ2) is 10.8. The number of carbonyl (C=O) groups is 3. The van der Waals surface area contributed by atoms with Crippen LogP contribution in [0.15, 0.2) is 0 Å². The summed E-state index contributed by atoms with van der Waals surface area (Å²) in [5, 5.41) is 19.2. The average molecular weight is 444 g/mol. The van der Waals surface area contributed by atoms with Gasteiger partial charge < -0.3 is 20.7 Å². The molecule has 0 aromatic carbocycles. The van der Waals surface area contributed by atoms with E-state index in [1.54, 1.807) is 20.8 Å². The number of hydrogen-bond acceptors (Lipinski definition) is 5. The molecule has 0 fully saturated rings. The van der Waals surface area contributed by atoms with Gasteiger partial charge in [-0.2, -0.15) is 0 Å². The minimum absolute atomic E-state index is 0.102. The van der Waals surface area contributed by atoms with Crippen LogP contribution in [0.4, 0.5) is 0 Å². The van der Waals surface area contributed by atoms with Crippen LogP contribution in [0.1, 0.15) is 101 Å².